The molecule has 0 fully saturated rings. The minimum absolute atomic E-state index is 0.361. The molecule has 0 amide bonds. The maximum absolute atomic E-state index is 3.40. The smallest absolute Gasteiger partial charge is 0.0830 e. The first-order valence-corrected chi connectivity index (χ1v) is 5.53. The van der Waals surface area contributed by atoms with Crippen molar-refractivity contribution in [3.8, 4) is 0 Å². The largest absolute Gasteiger partial charge is 0.0915 e. The zero-order chi connectivity index (χ0) is 5.86. The minimum atomic E-state index is 0.361. The van der Waals surface area contributed by atoms with Gasteiger partial charge in [-0.2, -0.15) is 0 Å². The van der Waals surface area contributed by atoms with Crippen LogP contribution >= 0.6 is 63.7 Å². The van der Waals surface area contributed by atoms with Crippen molar-refractivity contribution < 1.29 is 0 Å². The summed E-state index contributed by atoms with van der Waals surface area (Å²) in [5.41, 5.74) is 0. The molecule has 4 heteroatoms. The Morgan fingerprint density at radius 3 is 1.57 bits per heavy atom. The highest BCUT2D eigenvalue weighted by atomic mass is 79.9. The molecular weight excluding hydrogens is 356 g/mol. The lowest BCUT2D eigenvalue weighted by Crippen LogP contribution is -2.06. The maximum Gasteiger partial charge on any atom is 0.0830 e. The van der Waals surface area contributed by atoms with Crippen LogP contribution in [0, 0.1) is 0 Å². The highest BCUT2D eigenvalue weighted by molar-refractivity contribution is 9.25. The fourth-order valence-corrected chi connectivity index (χ4v) is 1.82. The van der Waals surface area contributed by atoms with Crippen molar-refractivity contribution in [1.29, 1.82) is 0 Å². The molecule has 0 aliphatic rings. The predicted octanol–water partition coefficient (Wildman–Crippen LogP) is 3.26. The average molecular weight is 360 g/mol. The topological polar surface area (TPSA) is 0 Å². The van der Waals surface area contributed by atoms with E-state index in [1.165, 1.54) is 0 Å². The molecule has 0 aliphatic carbocycles. The van der Waals surface area contributed by atoms with Crippen LogP contribution in [0.25, 0.3) is 0 Å². The van der Waals surface area contributed by atoms with E-state index in [4.69, 9.17) is 0 Å². The summed E-state index contributed by atoms with van der Waals surface area (Å²) in [5.74, 6) is 0. The molecule has 0 spiro atoms. The molecule has 0 rings (SSSR count). The summed E-state index contributed by atoms with van der Waals surface area (Å²) < 4.78 is 0.361. The third-order valence-electron chi connectivity index (χ3n) is 0.421. The second-order valence-electron chi connectivity index (χ2n) is 1.00. The van der Waals surface area contributed by atoms with Crippen molar-refractivity contribution in [2.24, 2.45) is 0 Å². The Morgan fingerprint density at radius 1 is 1.14 bits per heavy atom. The highest BCUT2D eigenvalue weighted by Crippen LogP contribution is 2.21. The SMILES string of the molecule is BrCC(Br)C(Br)Br. The van der Waals surface area contributed by atoms with Crippen molar-refractivity contribution in [2.75, 3.05) is 5.33 Å². The molecule has 7 heavy (non-hydrogen) atoms. The Labute approximate surface area is 76.9 Å². The summed E-state index contributed by atoms with van der Waals surface area (Å²) in [6.45, 7) is 0. The van der Waals surface area contributed by atoms with E-state index in [0.717, 1.165) is 5.33 Å². The van der Waals surface area contributed by atoms with Crippen LogP contribution in [0.2, 0.25) is 0 Å². The maximum atomic E-state index is 3.40. The number of rotatable bonds is 2. The molecule has 44 valence electrons. The quantitative estimate of drug-likeness (QED) is 0.664. The van der Waals surface area contributed by atoms with Gasteiger partial charge in [0.1, 0.15) is 0 Å². The van der Waals surface area contributed by atoms with Gasteiger partial charge >= 0.3 is 0 Å². The first-order valence-electron chi connectivity index (χ1n) is 1.66. The van der Waals surface area contributed by atoms with Crippen LogP contribution in [0.1, 0.15) is 0 Å². The van der Waals surface area contributed by atoms with Crippen LogP contribution in [0.4, 0.5) is 0 Å². The Balaban J connectivity index is 3.14. The standard InChI is InChI=1S/C3H4Br4/c4-1-2(5)3(6)7/h2-3H,1H2. The van der Waals surface area contributed by atoms with Gasteiger partial charge in [0.2, 0.25) is 0 Å². The monoisotopic (exact) mass is 356 g/mol. The van der Waals surface area contributed by atoms with Crippen molar-refractivity contribution in [1.82, 2.24) is 0 Å². The summed E-state index contributed by atoms with van der Waals surface area (Å²) in [6.07, 6.45) is 0. The van der Waals surface area contributed by atoms with Crippen LogP contribution in [0.3, 0.4) is 0 Å². The molecule has 0 aliphatic heterocycles. The van der Waals surface area contributed by atoms with Gasteiger partial charge in [0.25, 0.3) is 0 Å². The molecule has 0 aromatic heterocycles. The van der Waals surface area contributed by atoms with E-state index in [-0.39, 0.29) is 0 Å². The first-order chi connectivity index (χ1) is 3.18. The van der Waals surface area contributed by atoms with Gasteiger partial charge in [-0.15, -0.1) is 0 Å². The van der Waals surface area contributed by atoms with Gasteiger partial charge in [0, 0.05) is 10.2 Å². The van der Waals surface area contributed by atoms with Crippen molar-refractivity contribution in [2.45, 2.75) is 8.56 Å². The lowest BCUT2D eigenvalue weighted by Gasteiger charge is -2.03. The van der Waals surface area contributed by atoms with Crippen molar-refractivity contribution in [3.63, 3.8) is 0 Å². The van der Waals surface area contributed by atoms with Crippen LogP contribution < -0.4 is 0 Å². The summed E-state index contributed by atoms with van der Waals surface area (Å²) in [5, 5.41) is 0.953. The third-order valence-corrected chi connectivity index (χ3v) is 5.53. The Hall–Kier alpha value is 1.92. The number of hydrogen-bond donors (Lipinski definition) is 0. The van der Waals surface area contributed by atoms with Gasteiger partial charge in [-0.1, -0.05) is 63.7 Å². The second-order valence-corrected chi connectivity index (χ2v) is 6.03. The van der Waals surface area contributed by atoms with Gasteiger partial charge in [-0.3, -0.25) is 0 Å². The molecule has 0 saturated carbocycles. The lowest BCUT2D eigenvalue weighted by atomic mass is 10.6. The van der Waals surface area contributed by atoms with E-state index in [2.05, 4.69) is 63.7 Å². The number of hydrogen-bond acceptors (Lipinski definition) is 0. The van der Waals surface area contributed by atoms with E-state index in [1.807, 2.05) is 0 Å². The molecule has 0 aromatic rings. The van der Waals surface area contributed by atoms with Crippen LogP contribution in [-0.4, -0.2) is 13.9 Å². The molecule has 0 radical (unpaired) electrons. The first kappa shape index (κ1) is 8.92. The minimum Gasteiger partial charge on any atom is -0.0915 e. The molecule has 0 nitrogen and oxygen atoms in total. The van der Waals surface area contributed by atoms with Gasteiger partial charge in [0.15, 0.2) is 0 Å². The fourth-order valence-electron chi connectivity index (χ4n) is 0.0673. The Bertz CT molecular complexity index is 44.2. The zero-order valence-corrected chi connectivity index (χ0v) is 9.72. The van der Waals surface area contributed by atoms with Crippen LogP contribution in [0.15, 0.2) is 0 Å². The summed E-state index contributed by atoms with van der Waals surface area (Å²) in [6, 6.07) is 0. The Morgan fingerprint density at radius 2 is 1.57 bits per heavy atom. The average Bonchev–Trinajstić information content (AvgIpc) is 1.65. The van der Waals surface area contributed by atoms with Gasteiger partial charge in [-0.05, 0) is 0 Å². The second kappa shape index (κ2) is 4.77. The summed E-state index contributed by atoms with van der Waals surface area (Å²) in [4.78, 5) is 0.465. The molecule has 0 N–H and O–H groups in total. The van der Waals surface area contributed by atoms with Gasteiger partial charge in [0.05, 0.1) is 3.74 Å². The number of alkyl halides is 4. The molecular formula is C3H4Br4. The summed E-state index contributed by atoms with van der Waals surface area (Å²) in [7, 11) is 0. The molecule has 0 bridgehead atoms. The van der Waals surface area contributed by atoms with E-state index < -0.39 is 0 Å². The third kappa shape index (κ3) is 4.43. The Kier molecular flexibility index (Phi) is 6.07. The molecule has 0 saturated heterocycles. The van der Waals surface area contributed by atoms with E-state index in [1.54, 1.807) is 0 Å². The van der Waals surface area contributed by atoms with Gasteiger partial charge in [-0.25, -0.2) is 0 Å². The van der Waals surface area contributed by atoms with E-state index in [9.17, 15) is 0 Å². The lowest BCUT2D eigenvalue weighted by molar-refractivity contribution is 1.16. The number of halogens is 4. The van der Waals surface area contributed by atoms with Crippen molar-refractivity contribution in [3.05, 3.63) is 0 Å². The predicted molar refractivity (Wildman–Crippen MR) is 48.2 cm³/mol. The van der Waals surface area contributed by atoms with E-state index >= 15 is 0 Å². The van der Waals surface area contributed by atoms with Gasteiger partial charge < -0.3 is 0 Å². The van der Waals surface area contributed by atoms with Crippen molar-refractivity contribution >= 4 is 63.7 Å². The fraction of sp³-hybridized carbons (Fsp3) is 1.00. The summed E-state index contributed by atoms with van der Waals surface area (Å²) >= 11 is 13.4. The molecule has 1 unspecified atom stereocenters. The molecule has 1 atom stereocenters. The van der Waals surface area contributed by atoms with Crippen LogP contribution in [-0.2, 0) is 0 Å². The van der Waals surface area contributed by atoms with Crippen LogP contribution in [0.5, 0.6) is 0 Å². The normalized spacial score (nSPS) is 15.0. The zero-order valence-electron chi connectivity index (χ0n) is 3.37. The molecule has 0 aromatic carbocycles. The molecule has 0 heterocycles. The highest BCUT2D eigenvalue weighted by Gasteiger charge is 2.08. The van der Waals surface area contributed by atoms with E-state index in [0.29, 0.717) is 8.56 Å².